The molecule has 0 aliphatic heterocycles. The first-order valence-corrected chi connectivity index (χ1v) is 18.8. The minimum absolute atomic E-state index is 0. The molecular weight excluding hydrogens is 574 g/mol. The van der Waals surface area contributed by atoms with Gasteiger partial charge in [-0.2, -0.15) is 35.0 Å². The molecule has 2 aromatic carbocycles. The van der Waals surface area contributed by atoms with Crippen molar-refractivity contribution in [1.82, 2.24) is 19.9 Å². The summed E-state index contributed by atoms with van der Waals surface area (Å²) >= 11 is 0. The second kappa shape index (κ2) is 13.4. The second-order valence-corrected chi connectivity index (χ2v) is 22.6. The molecule has 0 saturated carbocycles. The van der Waals surface area contributed by atoms with Crippen molar-refractivity contribution in [2.45, 2.75) is 82.8 Å². The van der Waals surface area contributed by atoms with Crippen LogP contribution in [0.15, 0.2) is 79.4 Å². The SMILES string of the molecule is CC(C)(C)P(Cc1cc([Si](C)(C)C)[cH-]c1C(P)(c1ncccn1)c1ncccn1)C(C)(C)C.[Fe+2].c1cc[cH-]c1. The van der Waals surface area contributed by atoms with Gasteiger partial charge in [-0.05, 0) is 22.4 Å². The van der Waals surface area contributed by atoms with Crippen LogP contribution in [-0.2, 0) is 28.4 Å². The number of hydrogen-bond acceptors (Lipinski definition) is 4. The van der Waals surface area contributed by atoms with E-state index >= 15 is 0 Å². The summed E-state index contributed by atoms with van der Waals surface area (Å²) in [6.07, 6.45) is 8.29. The smallest absolute Gasteiger partial charge is 0.240 e. The van der Waals surface area contributed by atoms with Crippen LogP contribution in [0.2, 0.25) is 19.6 Å². The molecule has 0 N–H and O–H groups in total. The molecule has 0 fully saturated rings. The Kier molecular flexibility index (Phi) is 11.6. The van der Waals surface area contributed by atoms with Crippen molar-refractivity contribution in [2.24, 2.45) is 0 Å². The van der Waals surface area contributed by atoms with Crippen LogP contribution in [0.1, 0.15) is 64.3 Å². The molecule has 39 heavy (non-hydrogen) atoms. The van der Waals surface area contributed by atoms with E-state index in [1.807, 2.05) is 67.3 Å². The van der Waals surface area contributed by atoms with Gasteiger partial charge in [0.05, 0.1) is 8.07 Å². The van der Waals surface area contributed by atoms with E-state index in [9.17, 15) is 0 Å². The number of hydrogen-bond donors (Lipinski definition) is 0. The van der Waals surface area contributed by atoms with Crippen molar-refractivity contribution in [2.75, 3.05) is 0 Å². The maximum Gasteiger partial charge on any atom is 2.00 e. The molecule has 1 unspecified atom stereocenters. The van der Waals surface area contributed by atoms with E-state index in [0.717, 1.165) is 6.16 Å². The minimum Gasteiger partial charge on any atom is -0.240 e. The molecule has 4 nitrogen and oxygen atoms in total. The van der Waals surface area contributed by atoms with Crippen LogP contribution in [0, 0.1) is 0 Å². The molecule has 0 spiro atoms. The van der Waals surface area contributed by atoms with Crippen LogP contribution in [-0.4, -0.2) is 38.3 Å². The first kappa shape index (κ1) is 33.7. The Hall–Kier alpha value is -1.54. The van der Waals surface area contributed by atoms with Gasteiger partial charge in [0.1, 0.15) is 16.8 Å². The maximum atomic E-state index is 4.70. The fourth-order valence-corrected chi connectivity index (χ4v) is 10.1. The topological polar surface area (TPSA) is 51.6 Å². The fourth-order valence-electron chi connectivity index (χ4n) is 4.80. The summed E-state index contributed by atoms with van der Waals surface area (Å²) in [5.74, 6) is 1.43. The van der Waals surface area contributed by atoms with Gasteiger partial charge >= 0.3 is 17.1 Å². The molecule has 210 valence electrons. The van der Waals surface area contributed by atoms with Crippen LogP contribution >= 0.6 is 17.2 Å². The molecule has 4 aromatic rings. The summed E-state index contributed by atoms with van der Waals surface area (Å²) in [5, 5.41) is 1.23. The van der Waals surface area contributed by atoms with E-state index in [4.69, 9.17) is 19.9 Å². The van der Waals surface area contributed by atoms with Gasteiger partial charge in [0.2, 0.25) is 0 Å². The Morgan fingerprint density at radius 1 is 0.769 bits per heavy atom. The standard InChI is InChI=1S/C26H39N4P2Si.C5H5.Fe/c1-24(2,3)32(25(4,5)6)18-19-16-20(33(7,8)9)17-21(19)26(31,22-27-12-10-13-28-22)23-29-14-11-15-30-23;1-2-4-5-3-1;/h10-17H,18,31H2,1-9H3;1-5H;/q2*-1;+2. The average molecular weight is 619 g/mol. The molecule has 4 rings (SSSR count). The van der Waals surface area contributed by atoms with Gasteiger partial charge < -0.3 is 0 Å². The summed E-state index contributed by atoms with van der Waals surface area (Å²) in [5.41, 5.74) is 2.61. The van der Waals surface area contributed by atoms with Crippen molar-refractivity contribution in [1.29, 1.82) is 0 Å². The average Bonchev–Trinajstić information content (AvgIpc) is 3.55. The molecule has 8 heteroatoms. The van der Waals surface area contributed by atoms with Crippen molar-refractivity contribution >= 4 is 30.4 Å². The molecular formula is C31H44FeN4P2Si. The van der Waals surface area contributed by atoms with Crippen LogP contribution < -0.4 is 5.19 Å². The molecule has 0 bridgehead atoms. The molecule has 0 aliphatic carbocycles. The third-order valence-electron chi connectivity index (χ3n) is 6.61. The van der Waals surface area contributed by atoms with E-state index in [-0.39, 0.29) is 35.3 Å². The zero-order valence-corrected chi connectivity index (χ0v) is 29.0. The van der Waals surface area contributed by atoms with E-state index in [0.29, 0.717) is 11.6 Å². The third kappa shape index (κ3) is 8.48. The predicted molar refractivity (Wildman–Crippen MR) is 171 cm³/mol. The maximum absolute atomic E-state index is 4.70. The van der Waals surface area contributed by atoms with Gasteiger partial charge in [-0.1, -0.05) is 67.3 Å². The van der Waals surface area contributed by atoms with Crippen LogP contribution in [0.3, 0.4) is 0 Å². The van der Waals surface area contributed by atoms with E-state index in [2.05, 4.69) is 82.6 Å². The number of rotatable bonds is 6. The Morgan fingerprint density at radius 2 is 1.21 bits per heavy atom. The van der Waals surface area contributed by atoms with Crippen molar-refractivity contribution in [3.63, 3.8) is 0 Å². The fraction of sp³-hybridized carbons (Fsp3) is 0.419. The van der Waals surface area contributed by atoms with Crippen molar-refractivity contribution in [3.05, 3.63) is 102 Å². The molecule has 0 radical (unpaired) electrons. The Balaban J connectivity index is 0.000000797. The quantitative estimate of drug-likeness (QED) is 0.126. The molecule has 1 atom stereocenters. The van der Waals surface area contributed by atoms with Crippen LogP contribution in [0.25, 0.3) is 0 Å². The Bertz CT molecular complexity index is 1190. The van der Waals surface area contributed by atoms with Gasteiger partial charge in [-0.3, -0.25) is 0 Å². The normalized spacial score (nSPS) is 12.5. The van der Waals surface area contributed by atoms with Crippen molar-refractivity contribution < 1.29 is 17.1 Å². The molecule has 2 heterocycles. The largest absolute Gasteiger partial charge is 2.00 e. The van der Waals surface area contributed by atoms with E-state index in [1.165, 1.54) is 16.3 Å². The molecule has 0 aliphatic rings. The van der Waals surface area contributed by atoms with Gasteiger partial charge in [0.15, 0.2) is 0 Å². The third-order valence-corrected chi connectivity index (χ3v) is 13.4. The molecule has 0 saturated heterocycles. The Labute approximate surface area is 251 Å². The summed E-state index contributed by atoms with van der Waals surface area (Å²) < 4.78 is 0. The van der Waals surface area contributed by atoms with Crippen molar-refractivity contribution in [3.8, 4) is 0 Å². The monoisotopic (exact) mass is 618 g/mol. The second-order valence-electron chi connectivity index (χ2n) is 12.8. The Morgan fingerprint density at radius 3 is 1.54 bits per heavy atom. The summed E-state index contributed by atoms with van der Waals surface area (Å²) in [6.45, 7) is 21.6. The zero-order chi connectivity index (χ0) is 28.2. The van der Waals surface area contributed by atoms with E-state index < -0.39 is 13.2 Å². The first-order valence-electron chi connectivity index (χ1n) is 13.2. The van der Waals surface area contributed by atoms with Crippen LogP contribution in [0.4, 0.5) is 0 Å². The summed E-state index contributed by atoms with van der Waals surface area (Å²) in [4.78, 5) is 18.8. The van der Waals surface area contributed by atoms with Gasteiger partial charge in [0, 0.05) is 24.8 Å². The first-order chi connectivity index (χ1) is 17.6. The van der Waals surface area contributed by atoms with E-state index in [1.54, 1.807) is 0 Å². The van der Waals surface area contributed by atoms with Gasteiger partial charge in [-0.15, -0.1) is 22.7 Å². The van der Waals surface area contributed by atoms with Crippen LogP contribution in [0.5, 0.6) is 0 Å². The molecule has 0 amide bonds. The summed E-state index contributed by atoms with van der Waals surface area (Å²) in [7, 11) is 1.17. The van der Waals surface area contributed by atoms with Gasteiger partial charge in [-0.25, -0.2) is 38.1 Å². The summed E-state index contributed by atoms with van der Waals surface area (Å²) in [6, 6.07) is 18.6. The number of aromatic nitrogens is 4. The minimum atomic E-state index is -1.55. The molecule has 2 aromatic heterocycles. The number of nitrogens with zero attached hydrogens (tertiary/aromatic N) is 4. The predicted octanol–water partition coefficient (Wildman–Crippen LogP) is 7.68. The zero-order valence-electron chi connectivity index (χ0n) is 24.9. The van der Waals surface area contributed by atoms with Gasteiger partial charge in [0.25, 0.3) is 0 Å².